The lowest BCUT2D eigenvalue weighted by Crippen LogP contribution is -2.60. The number of sulfone groups is 1. The van der Waals surface area contributed by atoms with Gasteiger partial charge in [-0.2, -0.15) is 0 Å². The first-order valence-corrected chi connectivity index (χ1v) is 16.5. The summed E-state index contributed by atoms with van der Waals surface area (Å²) in [7, 11) is -2.40. The fourth-order valence-corrected chi connectivity index (χ4v) is 6.71. The number of nitrogens with zero attached hydrogens (tertiary/aromatic N) is 1. The average molecular weight is 645 g/mol. The molecule has 12 nitrogen and oxygen atoms in total. The van der Waals surface area contributed by atoms with Gasteiger partial charge in [0.25, 0.3) is 5.91 Å². The predicted molar refractivity (Wildman–Crippen MR) is 169 cm³/mol. The zero-order valence-electron chi connectivity index (χ0n) is 26.0. The number of hydrogen-bond donors (Lipinski definition) is 4. The average Bonchev–Trinajstić information content (AvgIpc) is 3.03. The molecule has 0 aliphatic carbocycles. The Balaban J connectivity index is 1.86. The number of ether oxygens (including phenoxy) is 3. The van der Waals surface area contributed by atoms with Gasteiger partial charge >= 0.3 is 0 Å². The number of carbonyl (C=O) groups is 2. The van der Waals surface area contributed by atoms with Crippen LogP contribution in [0.25, 0.3) is 0 Å². The van der Waals surface area contributed by atoms with Crippen LogP contribution in [0.15, 0.2) is 53.4 Å². The van der Waals surface area contributed by atoms with Gasteiger partial charge in [0.1, 0.15) is 18.6 Å². The lowest BCUT2D eigenvalue weighted by Gasteiger charge is -2.36. The van der Waals surface area contributed by atoms with Gasteiger partial charge in [0.15, 0.2) is 21.3 Å². The van der Waals surface area contributed by atoms with Gasteiger partial charge in [-0.15, -0.1) is 12.3 Å². The summed E-state index contributed by atoms with van der Waals surface area (Å²) >= 11 is 0. The molecule has 1 aliphatic heterocycles. The maximum Gasteiger partial charge on any atom is 0.252 e. The van der Waals surface area contributed by atoms with Crippen molar-refractivity contribution in [1.29, 1.82) is 0 Å². The fraction of sp³-hybridized carbons (Fsp3) is 0.500. The number of carbonyl (C=O) groups excluding carboxylic acids is 2. The van der Waals surface area contributed by atoms with E-state index in [0.29, 0.717) is 37.9 Å². The summed E-state index contributed by atoms with van der Waals surface area (Å²) in [5, 5.41) is 17.6. The smallest absolute Gasteiger partial charge is 0.252 e. The number of hydrogen-bond acceptors (Lipinski definition) is 10. The molecular weight excluding hydrogens is 600 g/mol. The number of fused-ring (bicyclic) bond motifs is 1. The number of amides is 2. The molecule has 4 N–H and O–H groups in total. The molecule has 0 saturated heterocycles. The number of rotatable bonds is 17. The summed E-state index contributed by atoms with van der Waals surface area (Å²) in [6.45, 7) is 4.72. The van der Waals surface area contributed by atoms with Crippen LogP contribution in [0.3, 0.4) is 0 Å². The van der Waals surface area contributed by atoms with Gasteiger partial charge in [-0.1, -0.05) is 44.2 Å². The topological polar surface area (TPSA) is 156 Å². The van der Waals surface area contributed by atoms with Gasteiger partial charge in [0.05, 0.1) is 30.2 Å². The van der Waals surface area contributed by atoms with Crippen LogP contribution in [0.5, 0.6) is 11.5 Å². The SMILES string of the molecule is C#CCCC(=O)N(NC(=O)CNCCOC)[C@@H](Cc1ccccc1)[C@H](O)CNC(C(C)C)S(=O)(=O)c1ccc2c(c1)OCCO2. The summed E-state index contributed by atoms with van der Waals surface area (Å²) in [5.41, 5.74) is 3.44. The molecule has 246 valence electrons. The molecule has 2 aromatic carbocycles. The normalized spacial score (nSPS) is 14.7. The maximum atomic E-state index is 13.8. The second kappa shape index (κ2) is 17.7. The highest BCUT2D eigenvalue weighted by molar-refractivity contribution is 7.92. The number of benzene rings is 2. The minimum Gasteiger partial charge on any atom is -0.486 e. The van der Waals surface area contributed by atoms with Gasteiger partial charge in [-0.05, 0) is 30.0 Å². The van der Waals surface area contributed by atoms with E-state index in [2.05, 4.69) is 22.0 Å². The van der Waals surface area contributed by atoms with Crippen molar-refractivity contribution in [2.45, 2.75) is 55.5 Å². The van der Waals surface area contributed by atoms with Gasteiger partial charge in [0, 0.05) is 39.1 Å². The molecular formula is C32H44N4O8S. The molecule has 2 amide bonds. The molecule has 0 spiro atoms. The van der Waals surface area contributed by atoms with E-state index in [1.54, 1.807) is 27.0 Å². The number of hydrazine groups is 1. The van der Waals surface area contributed by atoms with Crippen molar-refractivity contribution < 1.29 is 37.3 Å². The lowest BCUT2D eigenvalue weighted by molar-refractivity contribution is -0.147. The molecule has 0 bridgehead atoms. The van der Waals surface area contributed by atoms with Crippen LogP contribution < -0.4 is 25.5 Å². The van der Waals surface area contributed by atoms with Crippen LogP contribution in [-0.4, -0.2) is 94.4 Å². The Bertz CT molecular complexity index is 1400. The quantitative estimate of drug-likeness (QED) is 0.112. The van der Waals surface area contributed by atoms with Crippen LogP contribution in [-0.2, 0) is 30.6 Å². The first-order valence-electron chi connectivity index (χ1n) is 14.9. The van der Waals surface area contributed by atoms with E-state index in [1.165, 1.54) is 12.1 Å². The summed E-state index contributed by atoms with van der Waals surface area (Å²) in [6.07, 6.45) is 4.35. The molecule has 0 aromatic heterocycles. The second-order valence-electron chi connectivity index (χ2n) is 10.9. The van der Waals surface area contributed by atoms with E-state index < -0.39 is 45.1 Å². The molecule has 3 atom stereocenters. The van der Waals surface area contributed by atoms with E-state index in [1.807, 2.05) is 30.3 Å². The molecule has 1 heterocycles. The van der Waals surface area contributed by atoms with Gasteiger partial charge in [-0.3, -0.25) is 20.3 Å². The minimum atomic E-state index is -3.95. The van der Waals surface area contributed by atoms with Crippen LogP contribution >= 0.6 is 0 Å². The van der Waals surface area contributed by atoms with Crippen LogP contribution in [0.2, 0.25) is 0 Å². The van der Waals surface area contributed by atoms with Crippen molar-refractivity contribution in [1.82, 2.24) is 21.1 Å². The van der Waals surface area contributed by atoms with Gasteiger partial charge in [0.2, 0.25) is 5.91 Å². The Hall–Kier alpha value is -3.67. The summed E-state index contributed by atoms with van der Waals surface area (Å²) in [5.74, 6) is 1.87. The van der Waals surface area contributed by atoms with E-state index >= 15 is 0 Å². The van der Waals surface area contributed by atoms with E-state index in [4.69, 9.17) is 20.6 Å². The van der Waals surface area contributed by atoms with Crippen LogP contribution in [0.1, 0.15) is 32.3 Å². The number of aliphatic hydroxyl groups is 1. The molecule has 3 rings (SSSR count). The maximum absolute atomic E-state index is 13.8. The Morgan fingerprint density at radius 3 is 2.49 bits per heavy atom. The van der Waals surface area contributed by atoms with Crippen molar-refractivity contribution in [3.8, 4) is 23.8 Å². The van der Waals surface area contributed by atoms with Gasteiger partial charge < -0.3 is 24.6 Å². The molecule has 13 heteroatoms. The summed E-state index contributed by atoms with van der Waals surface area (Å²) in [4.78, 5) is 26.3. The molecule has 45 heavy (non-hydrogen) atoms. The van der Waals surface area contributed by atoms with E-state index in [-0.39, 0.29) is 37.2 Å². The van der Waals surface area contributed by atoms with Crippen molar-refractivity contribution in [2.75, 3.05) is 46.6 Å². The highest BCUT2D eigenvalue weighted by atomic mass is 32.2. The van der Waals surface area contributed by atoms with Crippen molar-refractivity contribution in [3.63, 3.8) is 0 Å². The van der Waals surface area contributed by atoms with Crippen molar-refractivity contribution in [3.05, 3.63) is 54.1 Å². The largest absolute Gasteiger partial charge is 0.486 e. The summed E-state index contributed by atoms with van der Waals surface area (Å²) < 4.78 is 43.7. The third kappa shape index (κ3) is 10.4. The van der Waals surface area contributed by atoms with Crippen LogP contribution in [0, 0.1) is 18.3 Å². The van der Waals surface area contributed by atoms with E-state index in [9.17, 15) is 23.1 Å². The Labute approximate surface area is 265 Å². The number of terminal acetylenes is 1. The zero-order chi connectivity index (χ0) is 32.8. The fourth-order valence-electron chi connectivity index (χ4n) is 4.86. The molecule has 2 aromatic rings. The molecule has 1 unspecified atom stereocenters. The zero-order valence-corrected chi connectivity index (χ0v) is 26.8. The monoisotopic (exact) mass is 644 g/mol. The van der Waals surface area contributed by atoms with E-state index in [0.717, 1.165) is 10.6 Å². The second-order valence-corrected chi connectivity index (χ2v) is 13.0. The molecule has 0 radical (unpaired) electrons. The first kappa shape index (κ1) is 35.8. The number of methoxy groups -OCH3 is 1. The lowest BCUT2D eigenvalue weighted by atomic mass is 9.99. The molecule has 1 aliphatic rings. The highest BCUT2D eigenvalue weighted by Gasteiger charge is 2.35. The first-order chi connectivity index (χ1) is 21.6. The predicted octanol–water partition coefficient (Wildman–Crippen LogP) is 1.28. The minimum absolute atomic E-state index is 0.0487. The number of aliphatic hydroxyl groups excluding tert-OH is 1. The Kier molecular flexibility index (Phi) is 14.1. The Morgan fingerprint density at radius 2 is 1.82 bits per heavy atom. The van der Waals surface area contributed by atoms with Crippen molar-refractivity contribution in [2.24, 2.45) is 5.92 Å². The Morgan fingerprint density at radius 1 is 1.11 bits per heavy atom. The number of nitrogens with one attached hydrogen (secondary N) is 3. The van der Waals surface area contributed by atoms with Crippen molar-refractivity contribution >= 4 is 21.7 Å². The van der Waals surface area contributed by atoms with Gasteiger partial charge in [-0.25, -0.2) is 13.4 Å². The molecule has 0 saturated carbocycles. The standard InChI is InChI=1S/C32H44N4O8S/c1-5-6-12-31(39)36(35-30(38)22-33-15-16-42-4)26(19-24-10-8-7-9-11-24)27(37)21-34-32(23(2)3)45(40,41)25-13-14-28-29(20-25)44-18-17-43-28/h1,7-11,13-14,20,23,26-27,32-34,37H,6,12,15-19,21-22H2,2-4H3,(H,35,38)/t26-,27+,32?/m0/s1. The summed E-state index contributed by atoms with van der Waals surface area (Å²) in [6, 6.07) is 12.7. The molecule has 0 fully saturated rings. The highest BCUT2D eigenvalue weighted by Crippen LogP contribution is 2.34. The third-order valence-electron chi connectivity index (χ3n) is 7.14. The van der Waals surface area contributed by atoms with Crippen LogP contribution in [0.4, 0.5) is 0 Å². The third-order valence-corrected chi connectivity index (χ3v) is 9.43.